The number of hydrogen-bond donors (Lipinski definition) is 0. The summed E-state index contributed by atoms with van der Waals surface area (Å²) in [6.45, 7) is 2.16. The molecule has 3 aromatic rings. The first-order valence-corrected chi connectivity index (χ1v) is 6.44. The second-order valence-electron chi connectivity index (χ2n) is 4.19. The molecule has 0 saturated carbocycles. The van der Waals surface area contributed by atoms with Crippen LogP contribution in [-0.4, -0.2) is 7.11 Å². The minimum atomic E-state index is 0.906. The fourth-order valence-electron chi connectivity index (χ4n) is 2.27. The van der Waals surface area contributed by atoms with Crippen molar-refractivity contribution in [3.8, 4) is 5.75 Å². The Bertz CT molecular complexity index is 715. The number of thiophene rings is 1. The van der Waals surface area contributed by atoms with Crippen LogP contribution < -0.4 is 9.30 Å². The number of methoxy groups -OCH3 is 1. The lowest BCUT2D eigenvalue weighted by atomic mass is 10.1. The molecular weight excluding hydrogens is 230 g/mol. The summed E-state index contributed by atoms with van der Waals surface area (Å²) in [4.78, 5) is 0. The first-order valence-electron chi connectivity index (χ1n) is 5.56. The fraction of sp³-hybridized carbons (Fsp3) is 0.214. The highest BCUT2D eigenvalue weighted by molar-refractivity contribution is 7.18. The zero-order chi connectivity index (χ0) is 12.0. The predicted octanol–water partition coefficient (Wildman–Crippen LogP) is 3.20. The van der Waals surface area contributed by atoms with Gasteiger partial charge in [-0.3, -0.25) is 0 Å². The van der Waals surface area contributed by atoms with Gasteiger partial charge in [0.25, 0.3) is 0 Å². The highest BCUT2D eigenvalue weighted by Crippen LogP contribution is 2.31. The molecule has 0 N–H and O–H groups in total. The number of fused-ring (bicyclic) bond motifs is 3. The van der Waals surface area contributed by atoms with Gasteiger partial charge in [-0.2, -0.15) is 4.57 Å². The quantitative estimate of drug-likeness (QED) is 0.599. The Morgan fingerprint density at radius 3 is 2.76 bits per heavy atom. The summed E-state index contributed by atoms with van der Waals surface area (Å²) >= 11 is 1.80. The van der Waals surface area contributed by atoms with Gasteiger partial charge in [0.1, 0.15) is 12.8 Å². The minimum Gasteiger partial charge on any atom is -0.497 e. The summed E-state index contributed by atoms with van der Waals surface area (Å²) in [5.74, 6) is 0.906. The van der Waals surface area contributed by atoms with Gasteiger partial charge < -0.3 is 4.74 Å². The van der Waals surface area contributed by atoms with Gasteiger partial charge in [0, 0.05) is 6.92 Å². The van der Waals surface area contributed by atoms with Crippen molar-refractivity contribution >= 4 is 32.3 Å². The molecule has 86 valence electrons. The Hall–Kier alpha value is -1.61. The molecule has 0 fully saturated rings. The molecule has 0 aliphatic carbocycles. The third-order valence-corrected chi connectivity index (χ3v) is 4.32. The van der Waals surface area contributed by atoms with Crippen LogP contribution >= 0.6 is 11.3 Å². The molecule has 3 rings (SSSR count). The number of benzene rings is 1. The van der Waals surface area contributed by atoms with Gasteiger partial charge in [-0.25, -0.2) is 0 Å². The van der Waals surface area contributed by atoms with Gasteiger partial charge in [0.05, 0.1) is 28.6 Å². The molecule has 0 unspecified atom stereocenters. The van der Waals surface area contributed by atoms with Gasteiger partial charge in [-0.05, 0) is 23.6 Å². The number of nitrogens with zero attached hydrogens (tertiary/aromatic N) is 1. The van der Waals surface area contributed by atoms with E-state index >= 15 is 0 Å². The van der Waals surface area contributed by atoms with E-state index in [2.05, 4.69) is 42.1 Å². The van der Waals surface area contributed by atoms with Crippen LogP contribution in [0.15, 0.2) is 29.6 Å². The van der Waals surface area contributed by atoms with Crippen molar-refractivity contribution < 1.29 is 9.30 Å². The second-order valence-corrected chi connectivity index (χ2v) is 5.11. The van der Waals surface area contributed by atoms with E-state index in [-0.39, 0.29) is 0 Å². The highest BCUT2D eigenvalue weighted by Gasteiger charge is 2.16. The predicted molar refractivity (Wildman–Crippen MR) is 71.8 cm³/mol. The van der Waals surface area contributed by atoms with E-state index in [1.54, 1.807) is 18.4 Å². The van der Waals surface area contributed by atoms with Crippen molar-refractivity contribution in [1.29, 1.82) is 0 Å². The van der Waals surface area contributed by atoms with Crippen molar-refractivity contribution in [2.24, 2.45) is 7.05 Å². The molecule has 2 nitrogen and oxygen atoms in total. The van der Waals surface area contributed by atoms with Crippen LogP contribution in [0, 0.1) is 6.92 Å². The normalized spacial score (nSPS) is 11.2. The highest BCUT2D eigenvalue weighted by atomic mass is 32.1. The molecular formula is C14H14NOS+. The van der Waals surface area contributed by atoms with E-state index in [0.29, 0.717) is 0 Å². The molecule has 17 heavy (non-hydrogen) atoms. The van der Waals surface area contributed by atoms with Gasteiger partial charge in [-0.15, -0.1) is 11.3 Å². The lowest BCUT2D eigenvalue weighted by Crippen LogP contribution is -2.32. The van der Waals surface area contributed by atoms with Crippen LogP contribution in [0.4, 0.5) is 0 Å². The number of aryl methyl sites for hydroxylation is 2. The summed E-state index contributed by atoms with van der Waals surface area (Å²) in [5.41, 5.74) is 2.51. The van der Waals surface area contributed by atoms with Crippen molar-refractivity contribution in [3.05, 3.63) is 35.3 Å². The standard InChI is InChI=1S/C14H14NOS/c1-9-11-6-7-17-14(11)12-5-4-10(16-3)8-13(12)15(9)2/h4-8H,1-3H3/q+1. The average molecular weight is 244 g/mol. The zero-order valence-corrected chi connectivity index (χ0v) is 11.0. The van der Waals surface area contributed by atoms with E-state index in [4.69, 9.17) is 4.74 Å². The van der Waals surface area contributed by atoms with Gasteiger partial charge in [0.15, 0.2) is 5.69 Å². The second kappa shape index (κ2) is 3.70. The first kappa shape index (κ1) is 10.5. The van der Waals surface area contributed by atoms with Crippen molar-refractivity contribution in [3.63, 3.8) is 0 Å². The summed E-state index contributed by atoms with van der Waals surface area (Å²) in [6, 6.07) is 8.46. The third kappa shape index (κ3) is 1.42. The van der Waals surface area contributed by atoms with Crippen molar-refractivity contribution in [2.45, 2.75) is 6.92 Å². The van der Waals surface area contributed by atoms with Crippen molar-refractivity contribution in [1.82, 2.24) is 0 Å². The molecule has 2 aromatic heterocycles. The lowest BCUT2D eigenvalue weighted by Gasteiger charge is -2.04. The molecule has 0 aliphatic rings. The number of pyridine rings is 1. The van der Waals surface area contributed by atoms with Gasteiger partial charge >= 0.3 is 0 Å². The Kier molecular flexibility index (Phi) is 2.30. The first-order chi connectivity index (χ1) is 8.22. The minimum absolute atomic E-state index is 0.906. The number of ether oxygens (including phenoxy) is 1. The SMILES string of the molecule is COc1ccc2c3sccc3c(C)[n+](C)c2c1. The van der Waals surface area contributed by atoms with Gasteiger partial charge in [-0.1, -0.05) is 0 Å². The van der Waals surface area contributed by atoms with Crippen LogP contribution in [0.2, 0.25) is 0 Å². The summed E-state index contributed by atoms with van der Waals surface area (Å²) < 4.78 is 8.89. The Morgan fingerprint density at radius 2 is 2.00 bits per heavy atom. The van der Waals surface area contributed by atoms with Crippen LogP contribution in [-0.2, 0) is 7.05 Å². The maximum atomic E-state index is 5.30. The summed E-state index contributed by atoms with van der Waals surface area (Å²) in [6.07, 6.45) is 0. The maximum Gasteiger partial charge on any atom is 0.217 e. The Labute approximate surface area is 104 Å². The van der Waals surface area contributed by atoms with Crippen LogP contribution in [0.5, 0.6) is 5.75 Å². The molecule has 3 heteroatoms. The van der Waals surface area contributed by atoms with Crippen molar-refractivity contribution in [2.75, 3.05) is 7.11 Å². The topological polar surface area (TPSA) is 13.1 Å². The van der Waals surface area contributed by atoms with E-state index in [1.807, 2.05) is 6.07 Å². The largest absolute Gasteiger partial charge is 0.497 e. The molecule has 0 saturated heterocycles. The molecule has 0 radical (unpaired) electrons. The fourth-order valence-corrected chi connectivity index (χ4v) is 3.25. The number of hydrogen-bond acceptors (Lipinski definition) is 2. The molecule has 0 bridgehead atoms. The third-order valence-electron chi connectivity index (χ3n) is 3.37. The number of aromatic nitrogens is 1. The van der Waals surface area contributed by atoms with E-state index in [0.717, 1.165) is 5.75 Å². The molecule has 2 heterocycles. The zero-order valence-electron chi connectivity index (χ0n) is 10.2. The lowest BCUT2D eigenvalue weighted by molar-refractivity contribution is -0.649. The Morgan fingerprint density at radius 1 is 1.18 bits per heavy atom. The maximum absolute atomic E-state index is 5.30. The van der Waals surface area contributed by atoms with Crippen LogP contribution in [0.25, 0.3) is 21.0 Å². The molecule has 0 atom stereocenters. The summed E-state index contributed by atoms with van der Waals surface area (Å²) in [7, 11) is 3.81. The smallest absolute Gasteiger partial charge is 0.217 e. The van der Waals surface area contributed by atoms with Crippen LogP contribution in [0.1, 0.15) is 5.69 Å². The van der Waals surface area contributed by atoms with E-state index in [9.17, 15) is 0 Å². The van der Waals surface area contributed by atoms with E-state index < -0.39 is 0 Å². The van der Waals surface area contributed by atoms with E-state index in [1.165, 1.54) is 26.7 Å². The average Bonchev–Trinajstić information content (AvgIpc) is 2.84. The molecule has 0 spiro atoms. The monoisotopic (exact) mass is 244 g/mol. The van der Waals surface area contributed by atoms with Gasteiger partial charge in [0.2, 0.25) is 5.52 Å². The molecule has 0 aliphatic heterocycles. The Balaban J connectivity index is 2.55. The van der Waals surface area contributed by atoms with Crippen LogP contribution in [0.3, 0.4) is 0 Å². The number of rotatable bonds is 1. The summed E-state index contributed by atoms with van der Waals surface area (Å²) in [5, 5.41) is 4.79. The molecule has 0 amide bonds. The molecule has 1 aromatic carbocycles.